The maximum atomic E-state index is 9.79. The molecule has 0 aliphatic carbocycles. The molecule has 1 heterocycles. The van der Waals surface area contributed by atoms with Gasteiger partial charge in [0.2, 0.25) is 0 Å². The molecule has 0 bridgehead atoms. The lowest BCUT2D eigenvalue weighted by atomic mass is 10.1. The minimum Gasteiger partial charge on any atom is -0.495 e. The topological polar surface area (TPSA) is 51.6 Å². The van der Waals surface area contributed by atoms with Crippen LogP contribution in [0.5, 0.6) is 5.75 Å². The molecule has 0 radical (unpaired) electrons. The molecule has 0 saturated heterocycles. The van der Waals surface area contributed by atoms with Gasteiger partial charge in [0.1, 0.15) is 5.75 Å². The molecule has 84 valence electrons. The molecule has 0 aliphatic heterocycles. The highest BCUT2D eigenvalue weighted by molar-refractivity contribution is 5.24. The molecule has 0 amide bonds. The average molecular weight is 211 g/mol. The van der Waals surface area contributed by atoms with Crippen molar-refractivity contribution in [3.8, 4) is 5.75 Å². The quantitative estimate of drug-likeness (QED) is 0.725. The zero-order valence-corrected chi connectivity index (χ0v) is 9.14. The van der Waals surface area contributed by atoms with Crippen LogP contribution < -0.4 is 4.74 Å². The van der Waals surface area contributed by atoms with Gasteiger partial charge in [-0.2, -0.15) is 0 Å². The number of methoxy groups -OCH3 is 1. The van der Waals surface area contributed by atoms with Crippen molar-refractivity contribution < 1.29 is 14.6 Å². The first-order chi connectivity index (χ1) is 7.27. The van der Waals surface area contributed by atoms with Crippen LogP contribution in [0, 0.1) is 0 Å². The first-order valence-electron chi connectivity index (χ1n) is 5.02. The summed E-state index contributed by atoms with van der Waals surface area (Å²) in [6.45, 7) is 3.15. The van der Waals surface area contributed by atoms with Gasteiger partial charge in [-0.1, -0.05) is 0 Å². The van der Waals surface area contributed by atoms with Crippen LogP contribution in [0.25, 0.3) is 0 Å². The summed E-state index contributed by atoms with van der Waals surface area (Å²) in [6, 6.07) is 1.78. The molecule has 1 aromatic rings. The lowest BCUT2D eigenvalue weighted by Crippen LogP contribution is -2.04. The van der Waals surface area contributed by atoms with E-state index in [1.54, 1.807) is 25.6 Å². The summed E-state index contributed by atoms with van der Waals surface area (Å²) < 4.78 is 10.2. The van der Waals surface area contributed by atoms with Gasteiger partial charge < -0.3 is 14.6 Å². The number of aliphatic hydroxyl groups is 1. The molecule has 1 N–H and O–H groups in total. The Kier molecular flexibility index (Phi) is 5.07. The molecule has 0 fully saturated rings. The van der Waals surface area contributed by atoms with Crippen LogP contribution in [0.3, 0.4) is 0 Å². The van der Waals surface area contributed by atoms with Crippen LogP contribution in [0.4, 0.5) is 0 Å². The Bertz CT molecular complexity index is 291. The lowest BCUT2D eigenvalue weighted by Gasteiger charge is -2.11. The summed E-state index contributed by atoms with van der Waals surface area (Å²) in [4.78, 5) is 3.98. The van der Waals surface area contributed by atoms with E-state index in [0.29, 0.717) is 25.4 Å². The fourth-order valence-corrected chi connectivity index (χ4v) is 1.24. The van der Waals surface area contributed by atoms with E-state index in [-0.39, 0.29) is 0 Å². The SMILES string of the molecule is CCOCCC(O)c1cncc(OC)c1. The van der Waals surface area contributed by atoms with Crippen LogP contribution in [-0.2, 0) is 4.74 Å². The molecule has 15 heavy (non-hydrogen) atoms. The average Bonchev–Trinajstić information content (AvgIpc) is 2.29. The number of hydrogen-bond acceptors (Lipinski definition) is 4. The van der Waals surface area contributed by atoms with Crippen molar-refractivity contribution in [2.45, 2.75) is 19.4 Å². The lowest BCUT2D eigenvalue weighted by molar-refractivity contribution is 0.0883. The summed E-state index contributed by atoms with van der Waals surface area (Å²) in [5.41, 5.74) is 0.758. The Morgan fingerprint density at radius 1 is 1.47 bits per heavy atom. The van der Waals surface area contributed by atoms with Gasteiger partial charge in [-0.05, 0) is 13.0 Å². The molecule has 1 unspecified atom stereocenters. The number of ether oxygens (including phenoxy) is 2. The normalized spacial score (nSPS) is 12.5. The first kappa shape index (κ1) is 11.9. The minimum atomic E-state index is -0.542. The standard InChI is InChI=1S/C11H17NO3/c1-3-15-5-4-11(13)9-6-10(14-2)8-12-7-9/h6-8,11,13H,3-5H2,1-2H3. The Morgan fingerprint density at radius 2 is 2.27 bits per heavy atom. The molecule has 0 spiro atoms. The van der Waals surface area contributed by atoms with Crippen LogP contribution in [-0.4, -0.2) is 30.4 Å². The number of aromatic nitrogens is 1. The van der Waals surface area contributed by atoms with Crippen molar-refractivity contribution in [3.05, 3.63) is 24.0 Å². The highest BCUT2D eigenvalue weighted by atomic mass is 16.5. The third kappa shape index (κ3) is 3.85. The van der Waals surface area contributed by atoms with Gasteiger partial charge in [0.25, 0.3) is 0 Å². The number of pyridine rings is 1. The largest absolute Gasteiger partial charge is 0.495 e. The van der Waals surface area contributed by atoms with Crippen LogP contribution in [0.2, 0.25) is 0 Å². The Morgan fingerprint density at radius 3 is 2.93 bits per heavy atom. The molecule has 1 rings (SSSR count). The number of rotatable bonds is 6. The van der Waals surface area contributed by atoms with Crippen LogP contribution in [0.15, 0.2) is 18.5 Å². The molecule has 4 heteroatoms. The van der Waals surface area contributed by atoms with Crippen LogP contribution >= 0.6 is 0 Å². The van der Waals surface area contributed by atoms with E-state index in [2.05, 4.69) is 4.98 Å². The second-order valence-corrected chi connectivity index (χ2v) is 3.16. The van der Waals surface area contributed by atoms with Crippen molar-refractivity contribution in [2.24, 2.45) is 0 Å². The first-order valence-corrected chi connectivity index (χ1v) is 5.02. The summed E-state index contributed by atoms with van der Waals surface area (Å²) >= 11 is 0. The zero-order valence-electron chi connectivity index (χ0n) is 9.14. The summed E-state index contributed by atoms with van der Waals surface area (Å²) in [6.07, 6.45) is 3.28. The predicted molar refractivity (Wildman–Crippen MR) is 56.9 cm³/mol. The van der Waals surface area contributed by atoms with Gasteiger partial charge in [0, 0.05) is 31.4 Å². The molecule has 0 saturated carbocycles. The smallest absolute Gasteiger partial charge is 0.137 e. The van der Waals surface area contributed by atoms with E-state index < -0.39 is 6.10 Å². The maximum absolute atomic E-state index is 9.79. The molecule has 4 nitrogen and oxygen atoms in total. The van der Waals surface area contributed by atoms with Crippen molar-refractivity contribution in [1.82, 2.24) is 4.98 Å². The van der Waals surface area contributed by atoms with E-state index in [1.165, 1.54) is 0 Å². The maximum Gasteiger partial charge on any atom is 0.137 e. The molecular formula is C11H17NO3. The number of hydrogen-bond donors (Lipinski definition) is 1. The fraction of sp³-hybridized carbons (Fsp3) is 0.545. The van der Waals surface area contributed by atoms with Gasteiger partial charge in [-0.3, -0.25) is 4.98 Å². The molecule has 1 aromatic heterocycles. The highest BCUT2D eigenvalue weighted by Crippen LogP contribution is 2.19. The van der Waals surface area contributed by atoms with E-state index in [1.807, 2.05) is 6.92 Å². The number of nitrogens with zero attached hydrogens (tertiary/aromatic N) is 1. The van der Waals surface area contributed by atoms with Gasteiger partial charge >= 0.3 is 0 Å². The van der Waals surface area contributed by atoms with E-state index in [0.717, 1.165) is 5.56 Å². The molecular weight excluding hydrogens is 194 g/mol. The van der Waals surface area contributed by atoms with Crippen molar-refractivity contribution in [1.29, 1.82) is 0 Å². The summed E-state index contributed by atoms with van der Waals surface area (Å²) in [5, 5.41) is 9.79. The van der Waals surface area contributed by atoms with Gasteiger partial charge in [0.05, 0.1) is 19.4 Å². The number of aliphatic hydroxyl groups excluding tert-OH is 1. The van der Waals surface area contributed by atoms with E-state index in [4.69, 9.17) is 9.47 Å². The third-order valence-electron chi connectivity index (χ3n) is 2.09. The second kappa shape index (κ2) is 6.37. The Labute approximate surface area is 89.9 Å². The van der Waals surface area contributed by atoms with E-state index >= 15 is 0 Å². The van der Waals surface area contributed by atoms with Crippen molar-refractivity contribution in [3.63, 3.8) is 0 Å². The second-order valence-electron chi connectivity index (χ2n) is 3.16. The predicted octanol–water partition coefficient (Wildman–Crippen LogP) is 1.55. The van der Waals surface area contributed by atoms with Crippen LogP contribution in [0.1, 0.15) is 25.0 Å². The van der Waals surface area contributed by atoms with Gasteiger partial charge in [0.15, 0.2) is 0 Å². The van der Waals surface area contributed by atoms with Gasteiger partial charge in [-0.15, -0.1) is 0 Å². The van der Waals surface area contributed by atoms with Crippen molar-refractivity contribution >= 4 is 0 Å². The molecule has 1 atom stereocenters. The monoisotopic (exact) mass is 211 g/mol. The zero-order chi connectivity index (χ0) is 11.1. The summed E-state index contributed by atoms with van der Waals surface area (Å²) in [7, 11) is 1.58. The molecule has 0 aromatic carbocycles. The molecule has 0 aliphatic rings. The summed E-state index contributed by atoms with van der Waals surface area (Å²) in [5.74, 6) is 0.656. The third-order valence-corrected chi connectivity index (χ3v) is 2.09. The Hall–Kier alpha value is -1.13. The van der Waals surface area contributed by atoms with E-state index in [9.17, 15) is 5.11 Å². The van der Waals surface area contributed by atoms with Gasteiger partial charge in [-0.25, -0.2) is 0 Å². The minimum absolute atomic E-state index is 0.542. The Balaban J connectivity index is 2.52. The highest BCUT2D eigenvalue weighted by Gasteiger charge is 2.08. The fourth-order valence-electron chi connectivity index (χ4n) is 1.24. The van der Waals surface area contributed by atoms with Crippen molar-refractivity contribution in [2.75, 3.05) is 20.3 Å².